The van der Waals surface area contributed by atoms with Gasteiger partial charge in [-0.05, 0) is 54.3 Å². The number of halogens is 2. The Balaban J connectivity index is 1.90. The fourth-order valence-corrected chi connectivity index (χ4v) is 2.83. The van der Waals surface area contributed by atoms with E-state index in [9.17, 15) is 8.78 Å². The molecule has 21 heavy (non-hydrogen) atoms. The van der Waals surface area contributed by atoms with Gasteiger partial charge in [0.1, 0.15) is 17.4 Å². The molecule has 0 saturated heterocycles. The summed E-state index contributed by atoms with van der Waals surface area (Å²) in [6, 6.07) is 9.76. The van der Waals surface area contributed by atoms with Crippen molar-refractivity contribution in [2.24, 2.45) is 0 Å². The van der Waals surface area contributed by atoms with Gasteiger partial charge in [0, 0.05) is 12.1 Å². The monoisotopic (exact) mass is 289 g/mol. The summed E-state index contributed by atoms with van der Waals surface area (Å²) < 4.78 is 32.1. The van der Waals surface area contributed by atoms with Crippen LogP contribution in [0, 0.1) is 11.6 Å². The zero-order valence-electron chi connectivity index (χ0n) is 11.8. The Morgan fingerprint density at radius 2 is 2.05 bits per heavy atom. The predicted molar refractivity (Wildman–Crippen MR) is 77.5 cm³/mol. The molecule has 0 spiro atoms. The molecule has 0 fully saturated rings. The van der Waals surface area contributed by atoms with E-state index >= 15 is 0 Å². The molecular formula is C17H17F2NO. The summed E-state index contributed by atoms with van der Waals surface area (Å²) in [6.07, 6.45) is 1.44. The maximum atomic E-state index is 13.8. The van der Waals surface area contributed by atoms with Crippen LogP contribution in [0.15, 0.2) is 36.4 Å². The van der Waals surface area contributed by atoms with E-state index in [2.05, 4.69) is 11.4 Å². The number of rotatable bonds is 3. The van der Waals surface area contributed by atoms with Crippen LogP contribution in [-0.4, -0.2) is 13.7 Å². The maximum Gasteiger partial charge on any atom is 0.129 e. The molecule has 0 aliphatic carbocycles. The lowest BCUT2D eigenvalue weighted by atomic mass is 9.90. The van der Waals surface area contributed by atoms with Gasteiger partial charge in [-0.25, -0.2) is 8.78 Å². The first-order valence-corrected chi connectivity index (χ1v) is 7.01. The molecular weight excluding hydrogens is 272 g/mol. The summed E-state index contributed by atoms with van der Waals surface area (Å²) >= 11 is 0. The summed E-state index contributed by atoms with van der Waals surface area (Å²) in [4.78, 5) is 0. The van der Waals surface area contributed by atoms with Crippen LogP contribution in [0.3, 0.4) is 0 Å². The van der Waals surface area contributed by atoms with Crippen molar-refractivity contribution in [1.82, 2.24) is 5.32 Å². The van der Waals surface area contributed by atoms with Crippen molar-refractivity contribution in [3.05, 3.63) is 64.7 Å². The molecule has 0 radical (unpaired) electrons. The van der Waals surface area contributed by atoms with E-state index in [-0.39, 0.29) is 6.04 Å². The molecule has 0 aromatic heterocycles. The Kier molecular flexibility index (Phi) is 3.88. The molecule has 2 aromatic carbocycles. The zero-order valence-corrected chi connectivity index (χ0v) is 11.8. The van der Waals surface area contributed by atoms with E-state index in [0.29, 0.717) is 12.0 Å². The number of hydrogen-bond acceptors (Lipinski definition) is 2. The van der Waals surface area contributed by atoms with Crippen molar-refractivity contribution >= 4 is 0 Å². The first-order chi connectivity index (χ1) is 10.2. The minimum absolute atomic E-state index is 0.0174. The van der Waals surface area contributed by atoms with E-state index in [0.717, 1.165) is 30.3 Å². The highest BCUT2D eigenvalue weighted by molar-refractivity contribution is 5.40. The van der Waals surface area contributed by atoms with Crippen molar-refractivity contribution in [1.29, 1.82) is 0 Å². The molecule has 1 atom stereocenters. The second kappa shape index (κ2) is 5.82. The fourth-order valence-electron chi connectivity index (χ4n) is 2.83. The second-order valence-corrected chi connectivity index (χ2v) is 5.26. The van der Waals surface area contributed by atoms with E-state index in [1.165, 1.54) is 17.7 Å². The maximum absolute atomic E-state index is 13.8. The van der Waals surface area contributed by atoms with Gasteiger partial charge in [0.05, 0.1) is 7.11 Å². The first-order valence-electron chi connectivity index (χ1n) is 7.01. The molecule has 0 amide bonds. The minimum atomic E-state index is -0.546. The fraction of sp³-hybridized carbons (Fsp3) is 0.294. The number of fused-ring (bicyclic) bond motifs is 1. The van der Waals surface area contributed by atoms with Crippen LogP contribution in [0.25, 0.3) is 0 Å². The van der Waals surface area contributed by atoms with Crippen LogP contribution >= 0.6 is 0 Å². The largest absolute Gasteiger partial charge is 0.497 e. The predicted octanol–water partition coefficient (Wildman–Crippen LogP) is 3.40. The van der Waals surface area contributed by atoms with Gasteiger partial charge in [0.2, 0.25) is 0 Å². The molecule has 0 bridgehead atoms. The SMILES string of the molecule is COc1ccc2c(c1)C(Cc1ccc(F)cc1F)NCC2. The van der Waals surface area contributed by atoms with Crippen molar-refractivity contribution in [3.63, 3.8) is 0 Å². The molecule has 110 valence electrons. The van der Waals surface area contributed by atoms with Gasteiger partial charge in [-0.1, -0.05) is 12.1 Å². The van der Waals surface area contributed by atoms with Gasteiger partial charge >= 0.3 is 0 Å². The van der Waals surface area contributed by atoms with Gasteiger partial charge in [-0.2, -0.15) is 0 Å². The lowest BCUT2D eigenvalue weighted by Crippen LogP contribution is -2.31. The van der Waals surface area contributed by atoms with Crippen molar-refractivity contribution in [3.8, 4) is 5.75 Å². The van der Waals surface area contributed by atoms with Crippen LogP contribution in [0.1, 0.15) is 22.7 Å². The van der Waals surface area contributed by atoms with Crippen LogP contribution in [0.5, 0.6) is 5.75 Å². The van der Waals surface area contributed by atoms with Crippen molar-refractivity contribution in [2.75, 3.05) is 13.7 Å². The molecule has 1 N–H and O–H groups in total. The molecule has 3 rings (SSSR count). The average Bonchev–Trinajstić information content (AvgIpc) is 2.50. The van der Waals surface area contributed by atoms with Gasteiger partial charge in [0.15, 0.2) is 0 Å². The summed E-state index contributed by atoms with van der Waals surface area (Å²) in [5.41, 5.74) is 2.90. The highest BCUT2D eigenvalue weighted by atomic mass is 19.1. The lowest BCUT2D eigenvalue weighted by molar-refractivity contribution is 0.410. The number of benzene rings is 2. The molecule has 1 heterocycles. The van der Waals surface area contributed by atoms with Crippen LogP contribution in [0.4, 0.5) is 8.78 Å². The van der Waals surface area contributed by atoms with Crippen molar-refractivity contribution in [2.45, 2.75) is 18.9 Å². The van der Waals surface area contributed by atoms with Gasteiger partial charge in [-0.15, -0.1) is 0 Å². The quantitative estimate of drug-likeness (QED) is 0.935. The summed E-state index contributed by atoms with van der Waals surface area (Å²) in [7, 11) is 1.63. The molecule has 0 saturated carbocycles. The van der Waals surface area contributed by atoms with Crippen LogP contribution in [0.2, 0.25) is 0 Å². The Morgan fingerprint density at radius 3 is 2.81 bits per heavy atom. The minimum Gasteiger partial charge on any atom is -0.497 e. The van der Waals surface area contributed by atoms with Gasteiger partial charge < -0.3 is 10.1 Å². The molecule has 1 unspecified atom stereocenters. The van der Waals surface area contributed by atoms with Gasteiger partial charge in [-0.3, -0.25) is 0 Å². The Labute approximate surface area is 122 Å². The summed E-state index contributed by atoms with van der Waals surface area (Å²) in [5, 5.41) is 3.40. The lowest BCUT2D eigenvalue weighted by Gasteiger charge is -2.27. The number of hydrogen-bond donors (Lipinski definition) is 1. The van der Waals surface area contributed by atoms with E-state index in [1.807, 2.05) is 12.1 Å². The Hall–Kier alpha value is -1.94. The van der Waals surface area contributed by atoms with E-state index < -0.39 is 11.6 Å². The molecule has 4 heteroatoms. The standard InChI is InChI=1S/C17H17F2NO/c1-21-14-5-3-11-6-7-20-17(15(11)10-14)8-12-2-4-13(18)9-16(12)19/h2-5,9-10,17,20H,6-8H2,1H3. The normalized spacial score (nSPS) is 17.4. The Bertz CT molecular complexity index is 657. The number of nitrogens with one attached hydrogen (secondary N) is 1. The molecule has 2 nitrogen and oxygen atoms in total. The topological polar surface area (TPSA) is 21.3 Å². The number of methoxy groups -OCH3 is 1. The van der Waals surface area contributed by atoms with Crippen molar-refractivity contribution < 1.29 is 13.5 Å². The smallest absolute Gasteiger partial charge is 0.129 e. The Morgan fingerprint density at radius 1 is 1.19 bits per heavy atom. The van der Waals surface area contributed by atoms with Gasteiger partial charge in [0.25, 0.3) is 0 Å². The molecule has 1 aliphatic heterocycles. The summed E-state index contributed by atoms with van der Waals surface area (Å²) in [5.74, 6) is -0.247. The first kappa shape index (κ1) is 14.0. The zero-order chi connectivity index (χ0) is 14.8. The van der Waals surface area contributed by atoms with E-state index in [4.69, 9.17) is 4.74 Å². The molecule has 1 aliphatic rings. The molecule has 2 aromatic rings. The average molecular weight is 289 g/mol. The van der Waals surface area contributed by atoms with Crippen LogP contribution < -0.4 is 10.1 Å². The third kappa shape index (κ3) is 2.90. The summed E-state index contributed by atoms with van der Waals surface area (Å²) in [6.45, 7) is 0.854. The highest BCUT2D eigenvalue weighted by Gasteiger charge is 2.21. The van der Waals surface area contributed by atoms with Crippen LogP contribution in [-0.2, 0) is 12.8 Å². The third-order valence-corrected chi connectivity index (χ3v) is 3.95. The second-order valence-electron chi connectivity index (χ2n) is 5.26. The van der Waals surface area contributed by atoms with E-state index in [1.54, 1.807) is 7.11 Å². The number of ether oxygens (including phenoxy) is 1. The third-order valence-electron chi connectivity index (χ3n) is 3.95. The highest BCUT2D eigenvalue weighted by Crippen LogP contribution is 2.30.